The number of rotatable bonds is 1. The molecule has 0 bridgehead atoms. The Morgan fingerprint density at radius 2 is 1.28 bits per heavy atom. The minimum atomic E-state index is -2.50. The van der Waals surface area contributed by atoms with Gasteiger partial charge in [0.15, 0.2) is 0 Å². The van der Waals surface area contributed by atoms with Crippen molar-refractivity contribution in [1.29, 1.82) is 0 Å². The molecular weight excluding hydrogens is 369 g/mol. The van der Waals surface area contributed by atoms with Crippen molar-refractivity contribution in [3.8, 4) is 0 Å². The minimum absolute atomic E-state index is 0.0576. The maximum absolute atomic E-state index is 9.75. The Kier molecular flexibility index (Phi) is 7.97. The molecule has 0 atom stereocenters. The molecule has 0 unspecified atom stereocenters. The summed E-state index contributed by atoms with van der Waals surface area (Å²) in [7, 11) is 0.0576. The van der Waals surface area contributed by atoms with Crippen LogP contribution in [0.3, 0.4) is 0 Å². The molecular formula is C21H21F2PTi-2. The van der Waals surface area contributed by atoms with E-state index in [9.17, 15) is 6.18 Å². The van der Waals surface area contributed by atoms with Crippen LogP contribution in [0, 0.1) is 6.92 Å². The number of aryl methyl sites for hydroxylation is 1. The van der Waals surface area contributed by atoms with Gasteiger partial charge in [0.05, 0.1) is 0 Å². The standard InChI is InChI=1S/C11H12P.C10H9.2FH.Ti/c1-12(2)11-7-9-5-3-4-6-10(9)8-11;1-8-6-9-4-2-3-5-10(9)7-8;;;/h3-8H,1-2H3;2-7H,1H3;2*1H;/q2*-1;;;+2/p-2. The molecule has 4 rings (SSSR count). The zero-order valence-corrected chi connectivity index (χ0v) is 17.1. The number of halogens is 2. The first-order chi connectivity index (χ1) is 12.0. The molecule has 0 radical (unpaired) electrons. The van der Waals surface area contributed by atoms with Crippen LogP contribution in [0.25, 0.3) is 21.5 Å². The van der Waals surface area contributed by atoms with Crippen LogP contribution in [-0.2, 0) is 20.2 Å². The van der Waals surface area contributed by atoms with Crippen LogP contribution < -0.4 is 5.30 Å². The van der Waals surface area contributed by atoms with E-state index in [0.717, 1.165) is 0 Å². The topological polar surface area (TPSA) is 0 Å². The monoisotopic (exact) mass is 390 g/mol. The van der Waals surface area contributed by atoms with E-state index in [1.807, 2.05) is 0 Å². The summed E-state index contributed by atoms with van der Waals surface area (Å²) in [5.41, 5.74) is 1.35. The molecule has 4 heteroatoms. The first-order valence-electron chi connectivity index (χ1n) is 7.96. The van der Waals surface area contributed by atoms with E-state index >= 15 is 0 Å². The van der Waals surface area contributed by atoms with Gasteiger partial charge in [0, 0.05) is 0 Å². The van der Waals surface area contributed by atoms with Gasteiger partial charge in [-0.25, -0.2) is 0 Å². The molecule has 0 aromatic heterocycles. The van der Waals surface area contributed by atoms with Gasteiger partial charge >= 0.3 is 26.4 Å². The molecule has 0 N–H and O–H groups in total. The van der Waals surface area contributed by atoms with Gasteiger partial charge in [0.2, 0.25) is 0 Å². The second kappa shape index (κ2) is 9.97. The number of fused-ring (bicyclic) bond motifs is 2. The second-order valence-electron chi connectivity index (χ2n) is 5.97. The molecule has 0 spiro atoms. The van der Waals surface area contributed by atoms with Gasteiger partial charge in [-0.3, -0.25) is 0 Å². The predicted molar refractivity (Wildman–Crippen MR) is 104 cm³/mol. The zero-order valence-electron chi connectivity index (χ0n) is 14.6. The van der Waals surface area contributed by atoms with Crippen molar-refractivity contribution in [2.24, 2.45) is 0 Å². The van der Waals surface area contributed by atoms with Gasteiger partial charge in [-0.15, -0.1) is 88.9 Å². The average molecular weight is 390 g/mol. The van der Waals surface area contributed by atoms with Gasteiger partial charge in [-0.1, -0.05) is 19.1 Å². The Hall–Kier alpha value is -1.34. The van der Waals surface area contributed by atoms with E-state index in [0.29, 0.717) is 0 Å². The fourth-order valence-electron chi connectivity index (χ4n) is 2.70. The Balaban J connectivity index is 0.000000158. The molecule has 0 saturated carbocycles. The molecule has 4 aromatic rings. The number of hydrogen-bond acceptors (Lipinski definition) is 0. The molecule has 0 nitrogen and oxygen atoms in total. The normalized spacial score (nSPS) is 10.2. The molecule has 0 heterocycles. The molecule has 0 aliphatic rings. The van der Waals surface area contributed by atoms with Crippen LogP contribution in [0.4, 0.5) is 6.18 Å². The van der Waals surface area contributed by atoms with Crippen LogP contribution in [0.1, 0.15) is 5.56 Å². The van der Waals surface area contributed by atoms with E-state index < -0.39 is 20.2 Å². The van der Waals surface area contributed by atoms with Crippen molar-refractivity contribution >= 4 is 34.8 Å². The fourth-order valence-corrected chi connectivity index (χ4v) is 3.49. The zero-order chi connectivity index (χ0) is 18.2. The van der Waals surface area contributed by atoms with Crippen molar-refractivity contribution in [3.63, 3.8) is 0 Å². The Morgan fingerprint density at radius 1 is 0.800 bits per heavy atom. The van der Waals surface area contributed by atoms with Crippen molar-refractivity contribution in [2.75, 3.05) is 13.3 Å². The van der Waals surface area contributed by atoms with Crippen molar-refractivity contribution in [1.82, 2.24) is 0 Å². The molecule has 130 valence electrons. The number of hydrogen-bond donors (Lipinski definition) is 0. The van der Waals surface area contributed by atoms with E-state index in [1.54, 1.807) is 0 Å². The summed E-state index contributed by atoms with van der Waals surface area (Å²) in [5, 5.41) is 6.96. The second-order valence-corrected chi connectivity index (χ2v) is 8.50. The van der Waals surface area contributed by atoms with E-state index in [2.05, 4.69) is 93.0 Å². The van der Waals surface area contributed by atoms with E-state index in [-0.39, 0.29) is 7.92 Å². The van der Waals surface area contributed by atoms with E-state index in [4.69, 9.17) is 0 Å². The van der Waals surface area contributed by atoms with Crippen LogP contribution in [0.5, 0.6) is 0 Å². The third-order valence-electron chi connectivity index (χ3n) is 3.88. The summed E-state index contributed by atoms with van der Waals surface area (Å²) in [4.78, 5) is 0. The van der Waals surface area contributed by atoms with Crippen LogP contribution in [0.15, 0.2) is 72.8 Å². The summed E-state index contributed by atoms with van der Waals surface area (Å²) >= 11 is -2.50. The van der Waals surface area contributed by atoms with Crippen molar-refractivity contribution in [3.05, 3.63) is 78.4 Å². The Labute approximate surface area is 159 Å². The summed E-state index contributed by atoms with van der Waals surface area (Å²) in [6, 6.07) is 26.0. The van der Waals surface area contributed by atoms with Gasteiger partial charge in [-0.2, -0.15) is 12.1 Å². The quantitative estimate of drug-likeness (QED) is 0.194. The van der Waals surface area contributed by atoms with Gasteiger partial charge < -0.3 is 0 Å². The molecule has 0 aliphatic heterocycles. The SMILES string of the molecule is CP(C)c1cc2ccccc2[cH-]1.Cc1cc2ccccc2[cH-]1.[F][Ti][F]. The molecule has 0 saturated heterocycles. The average Bonchev–Trinajstić information content (AvgIpc) is 3.18. The summed E-state index contributed by atoms with van der Waals surface area (Å²) < 4.78 is 19.5. The van der Waals surface area contributed by atoms with Crippen molar-refractivity contribution < 1.29 is 26.4 Å². The van der Waals surface area contributed by atoms with Gasteiger partial charge in [0.25, 0.3) is 0 Å². The Morgan fingerprint density at radius 3 is 1.76 bits per heavy atom. The van der Waals surface area contributed by atoms with Crippen LogP contribution in [-0.4, -0.2) is 13.3 Å². The van der Waals surface area contributed by atoms with Gasteiger partial charge in [0.1, 0.15) is 0 Å². The van der Waals surface area contributed by atoms with Crippen LogP contribution >= 0.6 is 7.92 Å². The molecule has 4 aromatic carbocycles. The third-order valence-corrected chi connectivity index (χ3v) is 5.17. The summed E-state index contributed by atoms with van der Waals surface area (Å²) in [6.45, 7) is 6.72. The van der Waals surface area contributed by atoms with E-state index in [1.165, 1.54) is 32.4 Å². The molecule has 0 amide bonds. The van der Waals surface area contributed by atoms with Crippen molar-refractivity contribution in [2.45, 2.75) is 6.92 Å². The van der Waals surface area contributed by atoms with Crippen LogP contribution in [0.2, 0.25) is 0 Å². The number of benzene rings is 2. The maximum atomic E-state index is 9.75. The molecule has 25 heavy (non-hydrogen) atoms. The Bertz CT molecular complexity index is 842. The molecule has 0 fully saturated rings. The first-order valence-corrected chi connectivity index (χ1v) is 11.4. The fraction of sp³-hybridized carbons (Fsp3) is 0.143. The third kappa shape index (κ3) is 5.85. The summed E-state index contributed by atoms with van der Waals surface area (Å²) in [6.07, 6.45) is 0. The predicted octanol–water partition coefficient (Wildman–Crippen LogP) is 6.63. The molecule has 0 aliphatic carbocycles. The summed E-state index contributed by atoms with van der Waals surface area (Å²) in [5.74, 6) is 0. The first kappa shape index (κ1) is 20.0. The van der Waals surface area contributed by atoms with Gasteiger partial charge in [-0.05, 0) is 13.3 Å².